The first kappa shape index (κ1) is 15.3. The molecule has 0 bridgehead atoms. The van der Waals surface area contributed by atoms with Crippen molar-refractivity contribution in [2.24, 2.45) is 5.14 Å². The van der Waals surface area contributed by atoms with E-state index in [1.807, 2.05) is 0 Å². The van der Waals surface area contributed by atoms with Crippen molar-refractivity contribution in [3.8, 4) is 5.69 Å². The average molecular weight is 313 g/mol. The van der Waals surface area contributed by atoms with Gasteiger partial charge in [0, 0.05) is 0 Å². The van der Waals surface area contributed by atoms with Gasteiger partial charge >= 0.3 is 0 Å². The number of nitrogens with two attached hydrogens (primary N) is 1. The van der Waals surface area contributed by atoms with E-state index < -0.39 is 16.4 Å². The van der Waals surface area contributed by atoms with Crippen LogP contribution in [0.25, 0.3) is 11.8 Å². The van der Waals surface area contributed by atoms with Crippen LogP contribution in [-0.4, -0.2) is 18.2 Å². The van der Waals surface area contributed by atoms with E-state index in [9.17, 15) is 17.2 Å². The molecule has 2 N–H and O–H groups in total. The van der Waals surface area contributed by atoms with Gasteiger partial charge in [0.2, 0.25) is 10.0 Å². The minimum atomic E-state index is -3.79. The molecular weight excluding hydrogens is 300 g/mol. The molecule has 2 rings (SSSR count). The zero-order valence-electron chi connectivity index (χ0n) is 11.1. The molecule has 112 valence electrons. The number of halogens is 2. The van der Waals surface area contributed by atoms with Crippen LogP contribution in [0.1, 0.15) is 24.7 Å². The Balaban J connectivity index is 2.50. The summed E-state index contributed by atoms with van der Waals surface area (Å²) < 4.78 is 49.2. The average Bonchev–Trinajstić information content (AvgIpc) is 2.83. The number of aromatic nitrogens is 2. The number of alkyl halides is 2. The molecule has 0 aliphatic rings. The highest BCUT2D eigenvalue weighted by Crippen LogP contribution is 2.22. The standard InChI is InChI=1S/C13H13F2N3O2S/c1-2-3-10-8-12(13(14)15)17-18(10)9-4-6-11(7-5-9)21(16,19)20/h2-8,13H,1H3,(H2,16,19,20). The molecule has 0 fully saturated rings. The van der Waals surface area contributed by atoms with E-state index in [1.165, 1.54) is 35.0 Å². The summed E-state index contributed by atoms with van der Waals surface area (Å²) in [5.74, 6) is 0. The maximum atomic E-state index is 12.7. The summed E-state index contributed by atoms with van der Waals surface area (Å²) >= 11 is 0. The smallest absolute Gasteiger partial charge is 0.233 e. The molecule has 0 spiro atoms. The number of benzene rings is 1. The van der Waals surface area contributed by atoms with E-state index in [2.05, 4.69) is 5.10 Å². The maximum Gasteiger partial charge on any atom is 0.282 e. The summed E-state index contributed by atoms with van der Waals surface area (Å²) in [6.07, 6.45) is 0.646. The van der Waals surface area contributed by atoms with Crippen LogP contribution in [0.5, 0.6) is 0 Å². The number of allylic oxidation sites excluding steroid dienone is 1. The molecule has 0 amide bonds. The number of sulfonamides is 1. The molecule has 2 aromatic rings. The van der Waals surface area contributed by atoms with Gasteiger partial charge in [-0.2, -0.15) is 5.10 Å². The first-order chi connectivity index (χ1) is 9.82. The second-order valence-electron chi connectivity index (χ2n) is 4.25. The number of rotatable bonds is 4. The molecule has 0 saturated heterocycles. The third-order valence-corrected chi connectivity index (χ3v) is 3.66. The molecular formula is C13H13F2N3O2S. The van der Waals surface area contributed by atoms with Crippen molar-refractivity contribution in [1.82, 2.24) is 9.78 Å². The van der Waals surface area contributed by atoms with Gasteiger partial charge in [-0.15, -0.1) is 0 Å². The lowest BCUT2D eigenvalue weighted by molar-refractivity contribution is 0.145. The van der Waals surface area contributed by atoms with Gasteiger partial charge in [0.1, 0.15) is 5.69 Å². The third-order valence-electron chi connectivity index (χ3n) is 2.73. The van der Waals surface area contributed by atoms with E-state index >= 15 is 0 Å². The number of nitrogens with zero attached hydrogens (tertiary/aromatic N) is 2. The van der Waals surface area contributed by atoms with Crippen molar-refractivity contribution in [2.75, 3.05) is 0 Å². The minimum Gasteiger partial charge on any atom is -0.233 e. The predicted molar refractivity (Wildman–Crippen MR) is 74.6 cm³/mol. The van der Waals surface area contributed by atoms with Crippen molar-refractivity contribution in [1.29, 1.82) is 0 Å². The lowest BCUT2D eigenvalue weighted by Crippen LogP contribution is -2.12. The summed E-state index contributed by atoms with van der Waals surface area (Å²) in [6.45, 7) is 1.75. The van der Waals surface area contributed by atoms with Gasteiger partial charge in [0.15, 0.2) is 0 Å². The summed E-state index contributed by atoms with van der Waals surface area (Å²) in [7, 11) is -3.79. The Morgan fingerprint density at radius 3 is 2.38 bits per heavy atom. The second kappa shape index (κ2) is 5.74. The Morgan fingerprint density at radius 2 is 1.90 bits per heavy atom. The number of hydrogen-bond acceptors (Lipinski definition) is 3. The fraction of sp³-hybridized carbons (Fsp3) is 0.154. The van der Waals surface area contributed by atoms with Gasteiger partial charge in [0.25, 0.3) is 6.43 Å². The quantitative estimate of drug-likeness (QED) is 0.942. The van der Waals surface area contributed by atoms with Crippen LogP contribution in [0.3, 0.4) is 0 Å². The van der Waals surface area contributed by atoms with Crippen molar-refractivity contribution in [3.05, 3.63) is 47.8 Å². The van der Waals surface area contributed by atoms with Crippen molar-refractivity contribution >= 4 is 16.1 Å². The van der Waals surface area contributed by atoms with Crippen molar-refractivity contribution in [2.45, 2.75) is 18.2 Å². The second-order valence-corrected chi connectivity index (χ2v) is 5.81. The van der Waals surface area contributed by atoms with E-state index in [0.29, 0.717) is 11.4 Å². The maximum absolute atomic E-state index is 12.7. The van der Waals surface area contributed by atoms with Gasteiger partial charge in [-0.05, 0) is 43.3 Å². The summed E-state index contributed by atoms with van der Waals surface area (Å²) in [5.41, 5.74) is 0.581. The van der Waals surface area contributed by atoms with Gasteiger partial charge in [-0.1, -0.05) is 6.08 Å². The Hall–Kier alpha value is -2.06. The first-order valence-corrected chi connectivity index (χ1v) is 7.51. The Labute approximate surface area is 120 Å². The van der Waals surface area contributed by atoms with Crippen LogP contribution in [0.4, 0.5) is 8.78 Å². The summed E-state index contributed by atoms with van der Waals surface area (Å²) in [6, 6.07) is 6.78. The number of primary sulfonamides is 1. The molecule has 5 nitrogen and oxygen atoms in total. The third kappa shape index (κ3) is 3.34. The number of hydrogen-bond donors (Lipinski definition) is 1. The molecule has 0 radical (unpaired) electrons. The monoisotopic (exact) mass is 313 g/mol. The van der Waals surface area contributed by atoms with Crippen molar-refractivity contribution < 1.29 is 17.2 Å². The highest BCUT2D eigenvalue weighted by Gasteiger charge is 2.15. The normalized spacial score (nSPS) is 12.4. The van der Waals surface area contributed by atoms with Crippen LogP contribution in [0.15, 0.2) is 41.3 Å². The fourth-order valence-electron chi connectivity index (χ4n) is 1.79. The Morgan fingerprint density at radius 1 is 1.29 bits per heavy atom. The molecule has 8 heteroatoms. The van der Waals surface area contributed by atoms with Gasteiger partial charge in [-0.25, -0.2) is 27.0 Å². The zero-order valence-corrected chi connectivity index (χ0v) is 11.9. The van der Waals surface area contributed by atoms with E-state index in [1.54, 1.807) is 19.1 Å². The van der Waals surface area contributed by atoms with E-state index in [0.717, 1.165) is 0 Å². The van der Waals surface area contributed by atoms with Crippen LogP contribution in [0.2, 0.25) is 0 Å². The molecule has 21 heavy (non-hydrogen) atoms. The lowest BCUT2D eigenvalue weighted by Gasteiger charge is -2.05. The molecule has 0 aliphatic heterocycles. The van der Waals surface area contributed by atoms with Gasteiger partial charge in [-0.3, -0.25) is 0 Å². The highest BCUT2D eigenvalue weighted by molar-refractivity contribution is 7.89. The van der Waals surface area contributed by atoms with Crippen molar-refractivity contribution in [3.63, 3.8) is 0 Å². The molecule has 1 aromatic heterocycles. The molecule has 0 aliphatic carbocycles. The van der Waals surface area contributed by atoms with Crippen LogP contribution in [0, 0.1) is 0 Å². The Bertz CT molecular complexity index is 765. The Kier molecular flexibility index (Phi) is 4.19. The topological polar surface area (TPSA) is 78.0 Å². The highest BCUT2D eigenvalue weighted by atomic mass is 32.2. The molecule has 0 saturated carbocycles. The van der Waals surface area contributed by atoms with E-state index in [-0.39, 0.29) is 10.6 Å². The molecule has 1 heterocycles. The van der Waals surface area contributed by atoms with Gasteiger partial charge < -0.3 is 0 Å². The van der Waals surface area contributed by atoms with Crippen LogP contribution in [-0.2, 0) is 10.0 Å². The largest absolute Gasteiger partial charge is 0.282 e. The fourth-order valence-corrected chi connectivity index (χ4v) is 2.31. The van der Waals surface area contributed by atoms with E-state index in [4.69, 9.17) is 5.14 Å². The minimum absolute atomic E-state index is 0.0555. The molecule has 0 atom stereocenters. The molecule has 1 aromatic carbocycles. The van der Waals surface area contributed by atoms with Gasteiger partial charge in [0.05, 0.1) is 16.3 Å². The van der Waals surface area contributed by atoms with Crippen LogP contribution < -0.4 is 5.14 Å². The molecule has 0 unspecified atom stereocenters. The SMILES string of the molecule is CC=Cc1cc(C(F)F)nn1-c1ccc(S(N)(=O)=O)cc1. The van der Waals surface area contributed by atoms with Crippen LogP contribution >= 0.6 is 0 Å². The first-order valence-electron chi connectivity index (χ1n) is 5.97. The lowest BCUT2D eigenvalue weighted by atomic mass is 10.3. The predicted octanol–water partition coefficient (Wildman–Crippen LogP) is 2.49. The summed E-state index contributed by atoms with van der Waals surface area (Å²) in [5, 5.41) is 8.83. The zero-order chi connectivity index (χ0) is 15.6. The summed E-state index contributed by atoms with van der Waals surface area (Å²) in [4.78, 5) is -0.0555.